The standard InChI is InChI=1S/C17H22N4O2/c1-4-12-9-14(22)21-16(19-12)11-6-5-7-13(8-11)20-17(23)15(18)10(2)3/h5-10,15H,4,18H2,1-3H3,(H,20,23)(H,19,21,22)/t15-/m0/s1. The molecule has 2 aromatic rings. The normalized spacial score (nSPS) is 12.2. The van der Waals surface area contributed by atoms with Gasteiger partial charge in [0, 0.05) is 23.0 Å². The number of H-pyrrole nitrogens is 1. The quantitative estimate of drug-likeness (QED) is 0.784. The van der Waals surface area contributed by atoms with E-state index in [9.17, 15) is 9.59 Å². The maximum Gasteiger partial charge on any atom is 0.251 e. The maximum atomic E-state index is 12.0. The molecule has 0 aliphatic rings. The minimum atomic E-state index is -0.569. The number of carbonyl (C=O) groups excluding carboxylic acids is 1. The van der Waals surface area contributed by atoms with Gasteiger partial charge in [0.15, 0.2) is 0 Å². The Hall–Kier alpha value is -2.47. The van der Waals surface area contributed by atoms with Crippen LogP contribution in [-0.2, 0) is 11.2 Å². The van der Waals surface area contributed by atoms with E-state index in [1.54, 1.807) is 18.2 Å². The lowest BCUT2D eigenvalue weighted by atomic mass is 10.0. The summed E-state index contributed by atoms with van der Waals surface area (Å²) in [4.78, 5) is 30.9. The highest BCUT2D eigenvalue weighted by Gasteiger charge is 2.17. The van der Waals surface area contributed by atoms with Crippen LogP contribution in [0.5, 0.6) is 0 Å². The second kappa shape index (κ2) is 7.19. The summed E-state index contributed by atoms with van der Waals surface area (Å²) in [5.41, 5.74) is 7.72. The molecule has 6 heteroatoms. The van der Waals surface area contributed by atoms with Gasteiger partial charge in [-0.1, -0.05) is 32.9 Å². The van der Waals surface area contributed by atoms with Crippen molar-refractivity contribution in [3.8, 4) is 11.4 Å². The molecule has 0 aliphatic heterocycles. The van der Waals surface area contributed by atoms with Gasteiger partial charge in [-0.15, -0.1) is 0 Å². The second-order valence-electron chi connectivity index (χ2n) is 5.78. The van der Waals surface area contributed by atoms with Crippen molar-refractivity contribution in [1.82, 2.24) is 9.97 Å². The van der Waals surface area contributed by atoms with Gasteiger partial charge in [-0.3, -0.25) is 9.59 Å². The Kier molecular flexibility index (Phi) is 5.28. The molecule has 1 aromatic heterocycles. The van der Waals surface area contributed by atoms with Crippen LogP contribution in [-0.4, -0.2) is 21.9 Å². The molecule has 0 fully saturated rings. The summed E-state index contributed by atoms with van der Waals surface area (Å²) in [6.07, 6.45) is 0.677. The van der Waals surface area contributed by atoms with Crippen molar-refractivity contribution >= 4 is 11.6 Å². The average Bonchev–Trinajstić information content (AvgIpc) is 2.53. The number of aryl methyl sites for hydroxylation is 1. The molecule has 122 valence electrons. The molecule has 1 aromatic carbocycles. The summed E-state index contributed by atoms with van der Waals surface area (Å²) in [5, 5.41) is 2.79. The summed E-state index contributed by atoms with van der Waals surface area (Å²) >= 11 is 0. The Labute approximate surface area is 135 Å². The summed E-state index contributed by atoms with van der Waals surface area (Å²) in [7, 11) is 0. The molecule has 4 N–H and O–H groups in total. The number of benzene rings is 1. The van der Waals surface area contributed by atoms with Gasteiger partial charge in [0.2, 0.25) is 5.91 Å². The number of hydrogen-bond acceptors (Lipinski definition) is 4. The van der Waals surface area contributed by atoms with Gasteiger partial charge in [0.1, 0.15) is 5.82 Å². The first-order chi connectivity index (χ1) is 10.9. The number of anilines is 1. The predicted molar refractivity (Wildman–Crippen MR) is 91.1 cm³/mol. The van der Waals surface area contributed by atoms with Crippen LogP contribution in [0.4, 0.5) is 5.69 Å². The fourth-order valence-electron chi connectivity index (χ4n) is 2.10. The number of hydrogen-bond donors (Lipinski definition) is 3. The number of amides is 1. The number of nitrogens with zero attached hydrogens (tertiary/aromatic N) is 1. The third-order valence-corrected chi connectivity index (χ3v) is 3.58. The van der Waals surface area contributed by atoms with Gasteiger partial charge in [0.05, 0.1) is 6.04 Å². The first-order valence-electron chi connectivity index (χ1n) is 7.67. The topological polar surface area (TPSA) is 101 Å². The van der Waals surface area contributed by atoms with E-state index >= 15 is 0 Å². The lowest BCUT2D eigenvalue weighted by Gasteiger charge is -2.15. The lowest BCUT2D eigenvalue weighted by Crippen LogP contribution is -2.39. The van der Waals surface area contributed by atoms with Crippen LogP contribution < -0.4 is 16.6 Å². The van der Waals surface area contributed by atoms with E-state index in [2.05, 4.69) is 15.3 Å². The molecule has 0 spiro atoms. The van der Waals surface area contributed by atoms with E-state index in [0.29, 0.717) is 17.9 Å². The number of nitrogens with one attached hydrogen (secondary N) is 2. The highest BCUT2D eigenvalue weighted by Crippen LogP contribution is 2.19. The van der Waals surface area contributed by atoms with E-state index in [-0.39, 0.29) is 17.4 Å². The van der Waals surface area contributed by atoms with Gasteiger partial charge in [-0.25, -0.2) is 4.98 Å². The second-order valence-corrected chi connectivity index (χ2v) is 5.78. The predicted octanol–water partition coefficient (Wildman–Crippen LogP) is 1.92. The zero-order valence-electron chi connectivity index (χ0n) is 13.6. The Morgan fingerprint density at radius 3 is 2.74 bits per heavy atom. The highest BCUT2D eigenvalue weighted by molar-refractivity contribution is 5.95. The van der Waals surface area contributed by atoms with Crippen LogP contribution in [0.1, 0.15) is 26.5 Å². The molecule has 1 amide bonds. The van der Waals surface area contributed by atoms with E-state index in [4.69, 9.17) is 5.73 Å². The van der Waals surface area contributed by atoms with Gasteiger partial charge in [0.25, 0.3) is 5.56 Å². The molecule has 1 heterocycles. The summed E-state index contributed by atoms with van der Waals surface area (Å²) < 4.78 is 0. The molecular formula is C17H22N4O2. The summed E-state index contributed by atoms with van der Waals surface area (Å²) in [5.74, 6) is 0.303. The zero-order valence-corrected chi connectivity index (χ0v) is 13.6. The van der Waals surface area contributed by atoms with Crippen molar-refractivity contribution in [2.45, 2.75) is 33.2 Å². The Morgan fingerprint density at radius 1 is 1.35 bits per heavy atom. The van der Waals surface area contributed by atoms with E-state index in [1.807, 2.05) is 26.8 Å². The number of nitrogens with two attached hydrogens (primary N) is 1. The van der Waals surface area contributed by atoms with Gasteiger partial charge in [-0.2, -0.15) is 0 Å². The Morgan fingerprint density at radius 2 is 2.09 bits per heavy atom. The zero-order chi connectivity index (χ0) is 17.0. The van der Waals surface area contributed by atoms with Crippen LogP contribution in [0.3, 0.4) is 0 Å². The van der Waals surface area contributed by atoms with Gasteiger partial charge < -0.3 is 16.0 Å². The van der Waals surface area contributed by atoms with Crippen LogP contribution in [0.2, 0.25) is 0 Å². The number of aromatic amines is 1. The monoisotopic (exact) mass is 314 g/mol. The first-order valence-corrected chi connectivity index (χ1v) is 7.67. The minimum absolute atomic E-state index is 0.0532. The molecule has 0 radical (unpaired) electrons. The molecule has 2 rings (SSSR count). The SMILES string of the molecule is CCc1cc(=O)[nH]c(-c2cccc(NC(=O)[C@@H](N)C(C)C)c2)n1. The van der Waals surface area contributed by atoms with Crippen molar-refractivity contribution in [2.75, 3.05) is 5.32 Å². The Balaban J connectivity index is 2.28. The highest BCUT2D eigenvalue weighted by atomic mass is 16.2. The van der Waals surface area contributed by atoms with Gasteiger partial charge in [-0.05, 0) is 24.5 Å². The molecule has 0 bridgehead atoms. The number of aromatic nitrogens is 2. The van der Waals surface area contributed by atoms with Crippen LogP contribution in [0, 0.1) is 5.92 Å². The average molecular weight is 314 g/mol. The molecule has 0 saturated heterocycles. The fraction of sp³-hybridized carbons (Fsp3) is 0.353. The smallest absolute Gasteiger partial charge is 0.251 e. The Bertz CT molecular complexity index is 752. The molecule has 23 heavy (non-hydrogen) atoms. The molecular weight excluding hydrogens is 292 g/mol. The summed E-state index contributed by atoms with van der Waals surface area (Å²) in [6, 6.07) is 8.08. The third-order valence-electron chi connectivity index (χ3n) is 3.58. The van der Waals surface area contributed by atoms with Crippen molar-refractivity contribution in [3.05, 3.63) is 46.4 Å². The van der Waals surface area contributed by atoms with E-state index in [1.165, 1.54) is 6.07 Å². The molecule has 6 nitrogen and oxygen atoms in total. The number of rotatable bonds is 5. The van der Waals surface area contributed by atoms with Crippen LogP contribution in [0.25, 0.3) is 11.4 Å². The van der Waals surface area contributed by atoms with Gasteiger partial charge >= 0.3 is 0 Å². The van der Waals surface area contributed by atoms with Crippen molar-refractivity contribution < 1.29 is 4.79 Å². The number of carbonyl (C=O) groups is 1. The first kappa shape index (κ1) is 16.9. The molecule has 0 unspecified atom stereocenters. The third kappa shape index (κ3) is 4.26. The summed E-state index contributed by atoms with van der Waals surface area (Å²) in [6.45, 7) is 5.73. The lowest BCUT2D eigenvalue weighted by molar-refractivity contribution is -0.118. The van der Waals surface area contributed by atoms with E-state index < -0.39 is 6.04 Å². The van der Waals surface area contributed by atoms with Crippen LogP contribution in [0.15, 0.2) is 35.1 Å². The molecule has 1 atom stereocenters. The molecule has 0 aliphatic carbocycles. The van der Waals surface area contributed by atoms with Crippen molar-refractivity contribution in [1.29, 1.82) is 0 Å². The minimum Gasteiger partial charge on any atom is -0.325 e. The van der Waals surface area contributed by atoms with Crippen molar-refractivity contribution in [2.24, 2.45) is 11.7 Å². The largest absolute Gasteiger partial charge is 0.325 e. The van der Waals surface area contributed by atoms with Crippen molar-refractivity contribution in [3.63, 3.8) is 0 Å². The maximum absolute atomic E-state index is 12.0. The molecule has 0 saturated carbocycles. The fourth-order valence-corrected chi connectivity index (χ4v) is 2.10. The van der Waals surface area contributed by atoms with Crippen LogP contribution >= 0.6 is 0 Å². The van der Waals surface area contributed by atoms with E-state index in [0.717, 1.165) is 11.3 Å².